The van der Waals surface area contributed by atoms with Crippen LogP contribution in [0.4, 0.5) is 4.79 Å². The van der Waals surface area contributed by atoms with Crippen LogP contribution in [-0.4, -0.2) is 28.9 Å². The van der Waals surface area contributed by atoms with Gasteiger partial charge in [0, 0.05) is 24.9 Å². The number of hydrogen-bond donors (Lipinski definition) is 0. The molecule has 0 aromatic heterocycles. The Hall–Kier alpha value is -1.84. The largest absolute Gasteiger partial charge is 0.445 e. The Morgan fingerprint density at radius 1 is 1.23 bits per heavy atom. The van der Waals surface area contributed by atoms with Gasteiger partial charge in [-0.3, -0.25) is 4.79 Å². The van der Waals surface area contributed by atoms with Crippen LogP contribution in [0.3, 0.4) is 0 Å². The van der Waals surface area contributed by atoms with Gasteiger partial charge in [0.2, 0.25) is 0 Å². The molecule has 0 spiro atoms. The number of benzene rings is 1. The third kappa shape index (κ3) is 4.33. The van der Waals surface area contributed by atoms with Crippen LogP contribution in [0.15, 0.2) is 30.3 Å². The summed E-state index contributed by atoms with van der Waals surface area (Å²) >= 11 is 0. The highest BCUT2D eigenvalue weighted by molar-refractivity contribution is 5.78. The maximum atomic E-state index is 12.4. The van der Waals surface area contributed by atoms with Gasteiger partial charge in [-0.05, 0) is 31.7 Å². The minimum Gasteiger partial charge on any atom is -0.445 e. The van der Waals surface area contributed by atoms with E-state index in [1.807, 2.05) is 49.1 Å². The molecule has 1 aromatic rings. The van der Waals surface area contributed by atoms with Crippen molar-refractivity contribution in [3.63, 3.8) is 0 Å². The lowest BCUT2D eigenvalue weighted by atomic mass is 10.1. The Bertz CT molecular complexity index is 500. The van der Waals surface area contributed by atoms with Crippen LogP contribution in [0.2, 0.25) is 0 Å². The Kier molecular flexibility index (Phi) is 5.99. The molecule has 4 nitrogen and oxygen atoms in total. The number of carbonyl (C=O) groups excluding carboxylic acids is 2. The lowest BCUT2D eigenvalue weighted by molar-refractivity contribution is -0.119. The highest BCUT2D eigenvalue weighted by Crippen LogP contribution is 2.28. The predicted octanol–water partition coefficient (Wildman–Crippen LogP) is 3.94. The Morgan fingerprint density at radius 3 is 2.64 bits per heavy atom. The first-order valence-electron chi connectivity index (χ1n) is 8.12. The molecule has 1 fully saturated rings. The minimum absolute atomic E-state index is 0.133. The molecule has 4 heteroatoms. The number of carbonyl (C=O) groups is 2. The second-order valence-corrected chi connectivity index (χ2v) is 5.96. The zero-order chi connectivity index (χ0) is 15.9. The normalized spacial score (nSPS) is 20.9. The summed E-state index contributed by atoms with van der Waals surface area (Å²) in [5.74, 6) is 0.261. The third-order valence-corrected chi connectivity index (χ3v) is 4.35. The van der Waals surface area contributed by atoms with Crippen LogP contribution in [-0.2, 0) is 16.1 Å². The molecule has 2 unspecified atom stereocenters. The molecule has 1 aliphatic heterocycles. The molecule has 0 saturated carbocycles. The van der Waals surface area contributed by atoms with Gasteiger partial charge in [-0.2, -0.15) is 0 Å². The molecule has 1 saturated heterocycles. The Balaban J connectivity index is 1.89. The van der Waals surface area contributed by atoms with Gasteiger partial charge in [0.05, 0.1) is 0 Å². The number of Topliss-reactive ketones (excluding diaryl/α,β-unsaturated/α-hetero) is 1. The quantitative estimate of drug-likeness (QED) is 0.799. The summed E-state index contributed by atoms with van der Waals surface area (Å²) in [4.78, 5) is 25.7. The van der Waals surface area contributed by atoms with E-state index in [1.54, 1.807) is 0 Å². The molecule has 1 aromatic carbocycles. The van der Waals surface area contributed by atoms with E-state index < -0.39 is 0 Å². The number of ether oxygens (including phenoxy) is 1. The summed E-state index contributed by atoms with van der Waals surface area (Å²) in [5.41, 5.74) is 0.986. The molecule has 0 aliphatic carbocycles. The van der Waals surface area contributed by atoms with Crippen LogP contribution in [0, 0.1) is 0 Å². The first kappa shape index (κ1) is 16.5. The summed E-state index contributed by atoms with van der Waals surface area (Å²) in [6, 6.07) is 10.0. The molecular formula is C18H25NO3. The van der Waals surface area contributed by atoms with E-state index in [0.717, 1.165) is 24.8 Å². The van der Waals surface area contributed by atoms with Crippen molar-refractivity contribution in [1.82, 2.24) is 4.90 Å². The summed E-state index contributed by atoms with van der Waals surface area (Å²) in [6.07, 6.45) is 3.54. The predicted molar refractivity (Wildman–Crippen MR) is 85.5 cm³/mol. The number of amides is 1. The molecule has 1 aliphatic rings. The Labute approximate surface area is 132 Å². The molecule has 2 atom stereocenters. The second-order valence-electron chi connectivity index (χ2n) is 5.96. The van der Waals surface area contributed by atoms with E-state index in [0.29, 0.717) is 19.4 Å². The van der Waals surface area contributed by atoms with Crippen LogP contribution in [0.25, 0.3) is 0 Å². The van der Waals surface area contributed by atoms with Crippen molar-refractivity contribution >= 4 is 11.9 Å². The standard InChI is InChI=1S/C18H25NO3/c1-3-17(20)12-11-16-10-9-14(2)19(16)18(21)22-13-15-7-5-4-6-8-15/h4-8,14,16H,3,9-13H2,1-2H3. The average molecular weight is 303 g/mol. The highest BCUT2D eigenvalue weighted by Gasteiger charge is 2.35. The lowest BCUT2D eigenvalue weighted by Gasteiger charge is -2.27. The number of rotatable bonds is 6. The van der Waals surface area contributed by atoms with Crippen molar-refractivity contribution in [2.45, 2.75) is 64.6 Å². The maximum absolute atomic E-state index is 12.4. The van der Waals surface area contributed by atoms with E-state index >= 15 is 0 Å². The SMILES string of the molecule is CCC(=O)CCC1CCC(C)N1C(=O)OCc1ccccc1. The number of likely N-dealkylation sites (tertiary alicyclic amines) is 1. The van der Waals surface area contributed by atoms with Gasteiger partial charge in [-0.25, -0.2) is 4.79 Å². The van der Waals surface area contributed by atoms with Crippen LogP contribution in [0.1, 0.15) is 51.5 Å². The van der Waals surface area contributed by atoms with Gasteiger partial charge in [0.25, 0.3) is 0 Å². The summed E-state index contributed by atoms with van der Waals surface area (Å²) in [7, 11) is 0. The monoisotopic (exact) mass is 303 g/mol. The van der Waals surface area contributed by atoms with Crippen molar-refractivity contribution in [2.24, 2.45) is 0 Å². The van der Waals surface area contributed by atoms with Crippen molar-refractivity contribution in [2.75, 3.05) is 0 Å². The van der Waals surface area contributed by atoms with Crippen molar-refractivity contribution in [3.8, 4) is 0 Å². The van der Waals surface area contributed by atoms with Crippen LogP contribution >= 0.6 is 0 Å². The lowest BCUT2D eigenvalue weighted by Crippen LogP contribution is -2.40. The number of hydrogen-bond acceptors (Lipinski definition) is 3. The van der Waals surface area contributed by atoms with E-state index in [1.165, 1.54) is 0 Å². The third-order valence-electron chi connectivity index (χ3n) is 4.35. The van der Waals surface area contributed by atoms with Crippen LogP contribution in [0.5, 0.6) is 0 Å². The molecule has 0 radical (unpaired) electrons. The van der Waals surface area contributed by atoms with E-state index in [4.69, 9.17) is 4.74 Å². The van der Waals surface area contributed by atoms with Crippen molar-refractivity contribution in [1.29, 1.82) is 0 Å². The van der Waals surface area contributed by atoms with Gasteiger partial charge < -0.3 is 9.64 Å². The molecule has 120 valence electrons. The molecule has 22 heavy (non-hydrogen) atoms. The molecule has 2 rings (SSSR count). The highest BCUT2D eigenvalue weighted by atomic mass is 16.6. The fourth-order valence-electron chi connectivity index (χ4n) is 2.98. The Morgan fingerprint density at radius 2 is 1.95 bits per heavy atom. The first-order valence-corrected chi connectivity index (χ1v) is 8.12. The zero-order valence-corrected chi connectivity index (χ0v) is 13.5. The van der Waals surface area contributed by atoms with Gasteiger partial charge in [-0.1, -0.05) is 37.3 Å². The van der Waals surface area contributed by atoms with E-state index in [2.05, 4.69) is 0 Å². The van der Waals surface area contributed by atoms with Crippen molar-refractivity contribution in [3.05, 3.63) is 35.9 Å². The van der Waals surface area contributed by atoms with E-state index in [-0.39, 0.29) is 24.0 Å². The number of ketones is 1. The molecular weight excluding hydrogens is 278 g/mol. The summed E-state index contributed by atoms with van der Waals surface area (Å²) in [5, 5.41) is 0. The topological polar surface area (TPSA) is 46.6 Å². The first-order chi connectivity index (χ1) is 10.6. The van der Waals surface area contributed by atoms with Gasteiger partial charge in [0.1, 0.15) is 12.4 Å². The van der Waals surface area contributed by atoms with E-state index in [9.17, 15) is 9.59 Å². The zero-order valence-electron chi connectivity index (χ0n) is 13.5. The second kappa shape index (κ2) is 7.97. The van der Waals surface area contributed by atoms with Crippen molar-refractivity contribution < 1.29 is 14.3 Å². The maximum Gasteiger partial charge on any atom is 0.410 e. The molecule has 0 bridgehead atoms. The molecule has 0 N–H and O–H groups in total. The fraction of sp³-hybridized carbons (Fsp3) is 0.556. The summed E-state index contributed by atoms with van der Waals surface area (Å²) < 4.78 is 5.45. The summed E-state index contributed by atoms with van der Waals surface area (Å²) in [6.45, 7) is 4.22. The van der Waals surface area contributed by atoms with Gasteiger partial charge in [-0.15, -0.1) is 0 Å². The van der Waals surface area contributed by atoms with Crippen LogP contribution < -0.4 is 0 Å². The fourth-order valence-corrected chi connectivity index (χ4v) is 2.98. The minimum atomic E-state index is -0.261. The molecule has 1 heterocycles. The molecule has 1 amide bonds. The number of nitrogens with zero attached hydrogens (tertiary/aromatic N) is 1. The average Bonchev–Trinajstić information content (AvgIpc) is 2.92. The smallest absolute Gasteiger partial charge is 0.410 e. The van der Waals surface area contributed by atoms with Gasteiger partial charge >= 0.3 is 6.09 Å². The van der Waals surface area contributed by atoms with Gasteiger partial charge in [0.15, 0.2) is 0 Å².